The molecule has 0 spiro atoms. The van der Waals surface area contributed by atoms with Crippen molar-refractivity contribution in [2.24, 2.45) is 0 Å². The van der Waals surface area contributed by atoms with Crippen molar-refractivity contribution in [1.29, 1.82) is 0 Å². The Morgan fingerprint density at radius 1 is 0.955 bits per heavy atom. The predicted molar refractivity (Wildman–Crippen MR) is 66.4 cm³/mol. The van der Waals surface area contributed by atoms with Crippen molar-refractivity contribution in [3.05, 3.63) is 34.9 Å². The summed E-state index contributed by atoms with van der Waals surface area (Å²) in [6, 6.07) is 1.04. The van der Waals surface area contributed by atoms with Gasteiger partial charge in [-0.05, 0) is 30.7 Å². The first-order chi connectivity index (χ1) is 9.85. The van der Waals surface area contributed by atoms with Gasteiger partial charge in [-0.1, -0.05) is 0 Å². The Labute approximate surface area is 122 Å². The minimum atomic E-state index is -4.94. The van der Waals surface area contributed by atoms with Gasteiger partial charge in [-0.3, -0.25) is 4.57 Å². The molecule has 0 aliphatic rings. The summed E-state index contributed by atoms with van der Waals surface area (Å²) >= 11 is 0. The van der Waals surface area contributed by atoms with Crippen LogP contribution in [0.5, 0.6) is 0 Å². The molecule has 1 aromatic carbocycles. The molecule has 126 valence electrons. The van der Waals surface area contributed by atoms with E-state index in [-0.39, 0.29) is 12.7 Å². The maximum atomic E-state index is 12.6. The summed E-state index contributed by atoms with van der Waals surface area (Å²) in [4.78, 5) is 0. The fourth-order valence-electron chi connectivity index (χ4n) is 1.57. The number of hydrogen-bond acceptors (Lipinski definition) is 3. The van der Waals surface area contributed by atoms with Gasteiger partial charge in [0.2, 0.25) is 0 Å². The Balaban J connectivity index is 3.12. The van der Waals surface area contributed by atoms with Crippen molar-refractivity contribution >= 4 is 7.60 Å². The highest BCUT2D eigenvalue weighted by atomic mass is 31.2. The Bertz CT molecular complexity index is 535. The third-order valence-electron chi connectivity index (χ3n) is 2.48. The molecule has 1 rings (SSSR count). The second-order valence-corrected chi connectivity index (χ2v) is 6.44. The van der Waals surface area contributed by atoms with Crippen LogP contribution in [0.1, 0.15) is 23.6 Å². The Hall–Kier alpha value is -1.05. The molecular formula is C12H13F6O3P. The van der Waals surface area contributed by atoms with Crippen molar-refractivity contribution in [3.63, 3.8) is 0 Å². The van der Waals surface area contributed by atoms with Crippen LogP contribution in [0.25, 0.3) is 0 Å². The van der Waals surface area contributed by atoms with Gasteiger partial charge in [0.15, 0.2) is 0 Å². The lowest BCUT2D eigenvalue weighted by molar-refractivity contribution is -0.143. The summed E-state index contributed by atoms with van der Waals surface area (Å²) < 4.78 is 97.0. The third kappa shape index (κ3) is 5.62. The fourth-order valence-corrected chi connectivity index (χ4v) is 2.49. The molecule has 0 amide bonds. The first kappa shape index (κ1) is 19.0. The van der Waals surface area contributed by atoms with Crippen LogP contribution < -0.4 is 0 Å². The van der Waals surface area contributed by atoms with Crippen molar-refractivity contribution in [1.82, 2.24) is 0 Å². The van der Waals surface area contributed by atoms with Gasteiger partial charge in [0, 0.05) is 6.66 Å². The quantitative estimate of drug-likeness (QED) is 0.547. The van der Waals surface area contributed by atoms with Crippen LogP contribution in [-0.2, 0) is 32.6 Å². The van der Waals surface area contributed by atoms with E-state index in [0.29, 0.717) is 12.1 Å². The highest BCUT2D eigenvalue weighted by Crippen LogP contribution is 2.45. The highest BCUT2D eigenvalue weighted by Gasteiger charge is 2.37. The first-order valence-corrected chi connectivity index (χ1v) is 7.99. The average molecular weight is 350 g/mol. The molecule has 22 heavy (non-hydrogen) atoms. The minimum absolute atomic E-state index is 0.0115. The summed E-state index contributed by atoms with van der Waals surface area (Å²) in [5.41, 5.74) is -3.31. The first-order valence-electron chi connectivity index (χ1n) is 6.00. The van der Waals surface area contributed by atoms with Crippen LogP contribution in [0.4, 0.5) is 26.3 Å². The van der Waals surface area contributed by atoms with E-state index in [9.17, 15) is 30.9 Å². The van der Waals surface area contributed by atoms with E-state index < -0.39 is 43.2 Å². The molecule has 1 atom stereocenters. The van der Waals surface area contributed by atoms with Gasteiger partial charge in [-0.2, -0.15) is 26.3 Å². The predicted octanol–water partition coefficient (Wildman–Crippen LogP) is 5.10. The lowest BCUT2D eigenvalue weighted by Crippen LogP contribution is -2.12. The number of halogens is 6. The molecule has 1 unspecified atom stereocenters. The smallest absolute Gasteiger partial charge is 0.309 e. The minimum Gasteiger partial charge on any atom is -0.309 e. The van der Waals surface area contributed by atoms with Crippen LogP contribution in [-0.4, -0.2) is 13.3 Å². The molecule has 0 N–H and O–H groups in total. The monoisotopic (exact) mass is 350 g/mol. The van der Waals surface area contributed by atoms with Gasteiger partial charge in [0.25, 0.3) is 0 Å². The highest BCUT2D eigenvalue weighted by molar-refractivity contribution is 7.52. The molecule has 0 aromatic heterocycles. The summed E-state index contributed by atoms with van der Waals surface area (Å²) in [5.74, 6) is 0. The van der Waals surface area contributed by atoms with Crippen LogP contribution in [0, 0.1) is 0 Å². The molecule has 10 heteroatoms. The largest absolute Gasteiger partial charge is 0.416 e. The second-order valence-electron chi connectivity index (χ2n) is 4.38. The molecule has 0 heterocycles. The molecular weight excluding hydrogens is 337 g/mol. The average Bonchev–Trinajstić information content (AvgIpc) is 2.34. The van der Waals surface area contributed by atoms with E-state index >= 15 is 0 Å². The number of alkyl halides is 6. The summed E-state index contributed by atoms with van der Waals surface area (Å²) in [5, 5.41) is 0. The zero-order chi connectivity index (χ0) is 17.2. The summed E-state index contributed by atoms with van der Waals surface area (Å²) in [7, 11) is -3.53. The normalized spacial score (nSPS) is 15.6. The van der Waals surface area contributed by atoms with Gasteiger partial charge in [0.05, 0.1) is 24.3 Å². The van der Waals surface area contributed by atoms with Crippen molar-refractivity contribution < 1.29 is 40.0 Å². The Kier molecular flexibility index (Phi) is 5.70. The van der Waals surface area contributed by atoms with Crippen LogP contribution in [0.2, 0.25) is 0 Å². The van der Waals surface area contributed by atoms with E-state index in [1.54, 1.807) is 0 Å². The SMILES string of the molecule is CCOP(C)(=O)OCc1cc(C(F)(F)F)cc(C(F)(F)F)c1. The van der Waals surface area contributed by atoms with Crippen molar-refractivity contribution in [2.75, 3.05) is 13.3 Å². The molecule has 0 saturated heterocycles. The number of rotatable bonds is 5. The number of hydrogen-bond donors (Lipinski definition) is 0. The molecule has 0 fully saturated rings. The zero-order valence-corrected chi connectivity index (χ0v) is 12.5. The lowest BCUT2D eigenvalue weighted by atomic mass is 10.1. The van der Waals surface area contributed by atoms with Crippen molar-refractivity contribution in [2.45, 2.75) is 25.9 Å². The van der Waals surface area contributed by atoms with Gasteiger partial charge >= 0.3 is 19.9 Å². The number of benzene rings is 1. The molecule has 1 aromatic rings. The van der Waals surface area contributed by atoms with E-state index in [1.807, 2.05) is 0 Å². The molecule has 3 nitrogen and oxygen atoms in total. The van der Waals surface area contributed by atoms with Crippen LogP contribution >= 0.6 is 7.60 Å². The third-order valence-corrected chi connectivity index (χ3v) is 3.80. The van der Waals surface area contributed by atoms with Gasteiger partial charge in [0.1, 0.15) is 0 Å². The molecule has 0 saturated carbocycles. The summed E-state index contributed by atoms with van der Waals surface area (Å²) in [6.07, 6.45) is -9.88. The topological polar surface area (TPSA) is 35.5 Å². The van der Waals surface area contributed by atoms with E-state index in [2.05, 4.69) is 0 Å². The fraction of sp³-hybridized carbons (Fsp3) is 0.500. The summed E-state index contributed by atoms with van der Waals surface area (Å²) in [6.45, 7) is 1.94. The molecule has 0 aliphatic heterocycles. The van der Waals surface area contributed by atoms with E-state index in [0.717, 1.165) is 6.66 Å². The van der Waals surface area contributed by atoms with Crippen LogP contribution in [0.3, 0.4) is 0 Å². The zero-order valence-electron chi connectivity index (χ0n) is 11.6. The van der Waals surface area contributed by atoms with Gasteiger partial charge in [-0.25, -0.2) is 0 Å². The molecule has 0 bridgehead atoms. The lowest BCUT2D eigenvalue weighted by Gasteiger charge is -2.16. The second kappa shape index (κ2) is 6.60. The molecule has 0 radical (unpaired) electrons. The van der Waals surface area contributed by atoms with E-state index in [4.69, 9.17) is 9.05 Å². The van der Waals surface area contributed by atoms with Gasteiger partial charge in [-0.15, -0.1) is 0 Å². The Morgan fingerprint density at radius 3 is 1.77 bits per heavy atom. The maximum Gasteiger partial charge on any atom is 0.416 e. The van der Waals surface area contributed by atoms with E-state index in [1.165, 1.54) is 6.92 Å². The standard InChI is InChI=1S/C12H13F6O3P/c1-3-20-22(2,19)21-7-8-4-9(11(13,14)15)6-10(5-8)12(16,17)18/h4-6H,3,7H2,1-2H3. The maximum absolute atomic E-state index is 12.6. The Morgan fingerprint density at radius 2 is 1.41 bits per heavy atom. The van der Waals surface area contributed by atoms with Crippen molar-refractivity contribution in [3.8, 4) is 0 Å². The molecule has 0 aliphatic carbocycles. The van der Waals surface area contributed by atoms with Crippen LogP contribution in [0.15, 0.2) is 18.2 Å². The van der Waals surface area contributed by atoms with Gasteiger partial charge < -0.3 is 9.05 Å².